The lowest BCUT2D eigenvalue weighted by Gasteiger charge is -2.28. The van der Waals surface area contributed by atoms with Crippen LogP contribution in [0.1, 0.15) is 139 Å². The number of aromatic nitrogens is 10. The number of carbonyl (C=O) groups is 2. The third kappa shape index (κ3) is 11.6. The molecule has 4 aliphatic rings. The molecule has 4 aromatic heterocycles. The van der Waals surface area contributed by atoms with E-state index in [1.807, 2.05) is 102 Å². The summed E-state index contributed by atoms with van der Waals surface area (Å²) < 4.78 is 27.5. The van der Waals surface area contributed by atoms with Crippen LogP contribution in [-0.2, 0) is 35.7 Å². The number of amides is 2. The lowest BCUT2D eigenvalue weighted by molar-refractivity contribution is 0.0205. The molecular formula is C50H58Cl2N12O6. The Morgan fingerprint density at radius 2 is 0.929 bits per heavy atom. The quantitative estimate of drug-likeness (QED) is 0.153. The van der Waals surface area contributed by atoms with E-state index in [2.05, 4.69) is 49.9 Å². The Hall–Kier alpha value is -6.40. The number of benzene rings is 2. The fourth-order valence-corrected chi connectivity index (χ4v) is 9.80. The normalized spacial score (nSPS) is 19.9. The maximum Gasteiger partial charge on any atom is 0.411 e. The number of ether oxygens (including phenoxy) is 4. The maximum absolute atomic E-state index is 13.0. The smallest absolute Gasteiger partial charge is 0.411 e. The number of hydrogen-bond acceptors (Lipinski definition) is 14. The summed E-state index contributed by atoms with van der Waals surface area (Å²) in [6, 6.07) is 18.8. The van der Waals surface area contributed by atoms with E-state index in [-0.39, 0.29) is 36.2 Å². The molecule has 0 spiro atoms. The van der Waals surface area contributed by atoms with E-state index in [1.54, 1.807) is 22.2 Å². The third-order valence-corrected chi connectivity index (χ3v) is 13.0. The van der Waals surface area contributed by atoms with Gasteiger partial charge in [0.2, 0.25) is 11.8 Å². The minimum atomic E-state index is -0.592. The molecule has 6 aromatic rings. The van der Waals surface area contributed by atoms with Crippen molar-refractivity contribution in [3.05, 3.63) is 118 Å². The lowest BCUT2D eigenvalue weighted by Crippen LogP contribution is -2.35. The topological polar surface area (TPSA) is 191 Å². The molecule has 0 N–H and O–H groups in total. The Kier molecular flexibility index (Phi) is 14.2. The van der Waals surface area contributed by atoms with Crippen molar-refractivity contribution in [2.45, 2.75) is 154 Å². The van der Waals surface area contributed by atoms with Gasteiger partial charge in [0.25, 0.3) is 0 Å². The van der Waals surface area contributed by atoms with Crippen LogP contribution in [0.5, 0.6) is 11.8 Å². The average Bonchev–Trinajstić information content (AvgIpc) is 3.84. The first-order valence-electron chi connectivity index (χ1n) is 23.8. The summed E-state index contributed by atoms with van der Waals surface area (Å²) in [6.45, 7) is 12.5. The molecule has 0 saturated heterocycles. The van der Waals surface area contributed by atoms with Crippen LogP contribution in [-0.4, -0.2) is 95.3 Å². The highest BCUT2D eigenvalue weighted by atomic mass is 35.5. The molecule has 2 fully saturated rings. The molecule has 6 heterocycles. The van der Waals surface area contributed by atoms with Gasteiger partial charge in [-0.25, -0.2) is 9.59 Å². The molecule has 0 unspecified atom stereocenters. The Morgan fingerprint density at radius 3 is 1.29 bits per heavy atom. The molecule has 2 aliphatic carbocycles. The second-order valence-electron chi connectivity index (χ2n) is 20.1. The molecule has 368 valence electrons. The first-order chi connectivity index (χ1) is 33.5. The number of rotatable bonds is 6. The maximum atomic E-state index is 13.0. The van der Waals surface area contributed by atoms with Crippen LogP contribution in [0.3, 0.4) is 0 Å². The molecule has 2 saturated carbocycles. The van der Waals surface area contributed by atoms with Crippen LogP contribution in [0.4, 0.5) is 9.59 Å². The molecule has 0 radical (unpaired) electrons. The summed E-state index contributed by atoms with van der Waals surface area (Å²) >= 11 is 12.7. The Labute approximate surface area is 417 Å². The highest BCUT2D eigenvalue weighted by molar-refractivity contribution is 6.31. The van der Waals surface area contributed by atoms with E-state index < -0.39 is 11.2 Å². The highest BCUT2D eigenvalue weighted by Crippen LogP contribution is 2.39. The van der Waals surface area contributed by atoms with Gasteiger partial charge in [-0.15, -0.1) is 30.6 Å². The van der Waals surface area contributed by atoms with E-state index in [0.29, 0.717) is 59.6 Å². The molecule has 2 aromatic carbocycles. The van der Waals surface area contributed by atoms with E-state index in [0.717, 1.165) is 85.5 Å². The summed E-state index contributed by atoms with van der Waals surface area (Å²) in [7, 11) is 0. The number of carbonyl (C=O) groups excluding carboxylic acids is 2. The van der Waals surface area contributed by atoms with Crippen LogP contribution < -0.4 is 9.47 Å². The summed E-state index contributed by atoms with van der Waals surface area (Å²) in [4.78, 5) is 29.2. The van der Waals surface area contributed by atoms with Crippen molar-refractivity contribution in [3.8, 4) is 23.1 Å². The van der Waals surface area contributed by atoms with Gasteiger partial charge in [0.15, 0.2) is 11.6 Å². The van der Waals surface area contributed by atoms with Crippen LogP contribution in [0.15, 0.2) is 73.1 Å². The van der Waals surface area contributed by atoms with Crippen LogP contribution >= 0.6 is 23.2 Å². The SMILES string of the molecule is CC(C)(C)OC(=O)N1Cc2cc(Cl)ccc2-n2c(nnc2[C@H]2CC[C@@H](Oc3cccnn3)CC2)C1.CC(C)(C)OC(=O)N1Cc2cc(Cl)ccc2-n2c(nnc2[C@H]2CC[C@H](Oc3cccnn3)CC2)C1. The lowest BCUT2D eigenvalue weighted by atomic mass is 9.86. The fraction of sp³-hybridized carbons (Fsp3) is 0.480. The Morgan fingerprint density at radius 1 is 0.529 bits per heavy atom. The Bertz CT molecular complexity index is 2590. The van der Waals surface area contributed by atoms with Crippen LogP contribution in [0, 0.1) is 0 Å². The van der Waals surface area contributed by atoms with Gasteiger partial charge in [0.05, 0.1) is 37.6 Å². The van der Waals surface area contributed by atoms with Crippen molar-refractivity contribution >= 4 is 35.4 Å². The van der Waals surface area contributed by atoms with Gasteiger partial charge in [0.1, 0.15) is 35.1 Å². The van der Waals surface area contributed by atoms with E-state index in [9.17, 15) is 9.59 Å². The zero-order valence-electron chi connectivity index (χ0n) is 40.3. The van der Waals surface area contributed by atoms with Gasteiger partial charge in [-0.05, 0) is 153 Å². The first-order valence-corrected chi connectivity index (χ1v) is 24.6. The molecule has 10 rings (SSSR count). The number of halogens is 2. The van der Waals surface area contributed by atoms with Crippen molar-refractivity contribution in [2.24, 2.45) is 0 Å². The predicted molar refractivity (Wildman–Crippen MR) is 259 cm³/mol. The monoisotopic (exact) mass is 992 g/mol. The molecule has 70 heavy (non-hydrogen) atoms. The van der Waals surface area contributed by atoms with E-state index >= 15 is 0 Å². The van der Waals surface area contributed by atoms with Gasteiger partial charge < -0.3 is 18.9 Å². The van der Waals surface area contributed by atoms with E-state index in [1.165, 1.54) is 0 Å². The summed E-state index contributed by atoms with van der Waals surface area (Å²) in [5.41, 5.74) is 2.59. The zero-order valence-corrected chi connectivity index (χ0v) is 41.8. The largest absolute Gasteiger partial charge is 0.473 e. The second kappa shape index (κ2) is 20.5. The second-order valence-corrected chi connectivity index (χ2v) is 21.0. The number of hydrogen-bond donors (Lipinski definition) is 0. The minimum Gasteiger partial charge on any atom is -0.473 e. The van der Waals surface area contributed by atoms with Gasteiger partial charge in [-0.2, -0.15) is 10.2 Å². The Balaban J connectivity index is 0.000000174. The van der Waals surface area contributed by atoms with Gasteiger partial charge >= 0.3 is 12.2 Å². The molecular weight excluding hydrogens is 936 g/mol. The van der Waals surface area contributed by atoms with Gasteiger partial charge in [-0.3, -0.25) is 18.9 Å². The predicted octanol–water partition coefficient (Wildman–Crippen LogP) is 10.1. The van der Waals surface area contributed by atoms with Crippen molar-refractivity contribution in [2.75, 3.05) is 0 Å². The molecule has 0 atom stereocenters. The molecule has 2 amide bonds. The van der Waals surface area contributed by atoms with Crippen molar-refractivity contribution in [1.82, 2.24) is 59.7 Å². The van der Waals surface area contributed by atoms with Gasteiger partial charge in [0, 0.05) is 46.4 Å². The fourth-order valence-electron chi connectivity index (χ4n) is 9.41. The first kappa shape index (κ1) is 48.6. The van der Waals surface area contributed by atoms with Crippen molar-refractivity contribution in [1.29, 1.82) is 0 Å². The summed E-state index contributed by atoms with van der Waals surface area (Å²) in [6.07, 6.45) is 9.93. The van der Waals surface area contributed by atoms with Crippen LogP contribution in [0.25, 0.3) is 11.4 Å². The number of fused-ring (bicyclic) bond motifs is 6. The molecule has 2 aliphatic heterocycles. The third-order valence-electron chi connectivity index (χ3n) is 12.5. The number of nitrogens with zero attached hydrogens (tertiary/aromatic N) is 12. The molecule has 18 nitrogen and oxygen atoms in total. The molecule has 0 bridgehead atoms. The summed E-state index contributed by atoms with van der Waals surface area (Å²) in [5, 5.41) is 35.3. The highest BCUT2D eigenvalue weighted by Gasteiger charge is 2.36. The van der Waals surface area contributed by atoms with Gasteiger partial charge in [-0.1, -0.05) is 23.2 Å². The average molecular weight is 994 g/mol. The molecule has 20 heteroatoms. The zero-order chi connectivity index (χ0) is 49.2. The standard InChI is InChI=1S/2C25H29ClN6O3/c2*1-25(2,3)35-24(33)31-14-17-13-18(26)8-11-20(17)32-21(15-31)28-30-23(32)16-6-9-19(10-7-16)34-22-5-4-12-27-29-22/h2*4-5,8,11-13,16,19H,6-7,9-10,14-15H2,1-3H3/t16-,19+;16-,19-. The summed E-state index contributed by atoms with van der Waals surface area (Å²) in [5.74, 6) is 4.82. The van der Waals surface area contributed by atoms with E-state index in [4.69, 9.17) is 42.1 Å². The van der Waals surface area contributed by atoms with Crippen molar-refractivity contribution < 1.29 is 28.5 Å². The minimum absolute atomic E-state index is 0.100. The van der Waals surface area contributed by atoms with Crippen molar-refractivity contribution in [3.63, 3.8) is 0 Å². The van der Waals surface area contributed by atoms with Crippen LogP contribution in [0.2, 0.25) is 10.0 Å².